The van der Waals surface area contributed by atoms with Crippen molar-refractivity contribution in [2.24, 2.45) is 35.5 Å². The van der Waals surface area contributed by atoms with Crippen molar-refractivity contribution in [3.05, 3.63) is 0 Å². The molecule has 3 aliphatic carbocycles. The van der Waals surface area contributed by atoms with Crippen LogP contribution in [-0.4, -0.2) is 0 Å². The molecule has 14 heavy (non-hydrogen) atoms. The zero-order valence-electron chi connectivity index (χ0n) is 9.71. The van der Waals surface area contributed by atoms with Gasteiger partial charge >= 0.3 is 0 Å². The summed E-state index contributed by atoms with van der Waals surface area (Å²) >= 11 is 0. The van der Waals surface area contributed by atoms with E-state index in [9.17, 15) is 0 Å². The summed E-state index contributed by atoms with van der Waals surface area (Å²) in [7, 11) is 0. The topological polar surface area (TPSA) is 0 Å². The highest BCUT2D eigenvalue weighted by atomic mass is 14.6. The van der Waals surface area contributed by atoms with Gasteiger partial charge in [-0.25, -0.2) is 0 Å². The smallest absolute Gasteiger partial charge is 0.0324 e. The van der Waals surface area contributed by atoms with Gasteiger partial charge in [-0.05, 0) is 67.6 Å². The third-order valence-corrected chi connectivity index (χ3v) is 5.86. The normalized spacial score (nSPS) is 52.3. The lowest BCUT2D eigenvalue weighted by Crippen LogP contribution is -2.25. The average Bonchev–Trinajstić information content (AvgIpc) is 2.87. The highest BCUT2D eigenvalue weighted by molar-refractivity contribution is 5.03. The zero-order valence-corrected chi connectivity index (χ0v) is 9.71. The van der Waals surface area contributed by atoms with Crippen LogP contribution in [0.3, 0.4) is 0 Å². The van der Waals surface area contributed by atoms with E-state index < -0.39 is 0 Å². The fourth-order valence-electron chi connectivity index (χ4n) is 5.09. The minimum atomic E-state index is 1.00. The van der Waals surface area contributed by atoms with Crippen molar-refractivity contribution in [1.82, 2.24) is 0 Å². The summed E-state index contributed by atoms with van der Waals surface area (Å²) in [5, 5.41) is 0. The van der Waals surface area contributed by atoms with Gasteiger partial charge in [0.2, 0.25) is 0 Å². The Labute approximate surface area is 88.5 Å². The van der Waals surface area contributed by atoms with Crippen molar-refractivity contribution in [3.63, 3.8) is 0 Å². The second kappa shape index (κ2) is 3.25. The number of hydrogen-bond acceptors (Lipinski definition) is 0. The Balaban J connectivity index is 1.78. The first-order valence-corrected chi connectivity index (χ1v) is 6.81. The maximum absolute atomic E-state index is 2.50. The van der Waals surface area contributed by atoms with Gasteiger partial charge in [0, 0.05) is 0 Å². The second-order valence-corrected chi connectivity index (χ2v) is 6.20. The van der Waals surface area contributed by atoms with E-state index in [0.29, 0.717) is 0 Å². The van der Waals surface area contributed by atoms with E-state index in [1.165, 1.54) is 24.2 Å². The molecule has 0 nitrogen and oxygen atoms in total. The Kier molecular flexibility index (Phi) is 2.15. The monoisotopic (exact) mass is 192 g/mol. The number of fused-ring (bicyclic) bond motifs is 5. The molecular formula is C14H24. The molecule has 0 aromatic rings. The summed E-state index contributed by atoms with van der Waals surface area (Å²) in [4.78, 5) is 0. The van der Waals surface area contributed by atoms with E-state index in [1.807, 2.05) is 0 Å². The predicted molar refractivity (Wildman–Crippen MR) is 60.0 cm³/mol. The SMILES string of the molecule is CCC(C)C1CCC2C3CCC(C3)C12. The standard InChI is InChI=1S/C14H24/c1-3-9(2)12-6-7-13-10-4-5-11(8-10)14(12)13/h9-14H,3-8H2,1-2H3. The van der Waals surface area contributed by atoms with Crippen LogP contribution in [-0.2, 0) is 0 Å². The van der Waals surface area contributed by atoms with Gasteiger partial charge in [-0.2, -0.15) is 0 Å². The molecule has 0 radical (unpaired) electrons. The van der Waals surface area contributed by atoms with Gasteiger partial charge in [0.1, 0.15) is 0 Å². The van der Waals surface area contributed by atoms with E-state index in [-0.39, 0.29) is 0 Å². The third-order valence-electron chi connectivity index (χ3n) is 5.86. The molecular weight excluding hydrogens is 168 g/mol. The summed E-state index contributed by atoms with van der Waals surface area (Å²) in [5.74, 6) is 6.78. The van der Waals surface area contributed by atoms with Gasteiger partial charge in [0.05, 0.1) is 0 Å². The molecule has 0 saturated heterocycles. The van der Waals surface area contributed by atoms with Gasteiger partial charge in [-0.15, -0.1) is 0 Å². The molecule has 0 aromatic carbocycles. The first-order chi connectivity index (χ1) is 6.81. The fraction of sp³-hybridized carbons (Fsp3) is 1.00. The molecule has 3 aliphatic rings. The molecule has 6 unspecified atom stereocenters. The summed E-state index contributed by atoms with van der Waals surface area (Å²) in [6.07, 6.45) is 9.34. The highest BCUT2D eigenvalue weighted by Crippen LogP contribution is 2.62. The van der Waals surface area contributed by atoms with Crippen molar-refractivity contribution in [2.45, 2.75) is 52.4 Å². The van der Waals surface area contributed by atoms with Crippen LogP contribution in [0.25, 0.3) is 0 Å². The number of rotatable bonds is 2. The minimum absolute atomic E-state index is 1.00. The lowest BCUT2D eigenvalue weighted by atomic mass is 9.73. The maximum atomic E-state index is 2.50. The van der Waals surface area contributed by atoms with Crippen LogP contribution in [0.4, 0.5) is 0 Å². The van der Waals surface area contributed by atoms with Gasteiger partial charge in [-0.3, -0.25) is 0 Å². The lowest BCUT2D eigenvalue weighted by Gasteiger charge is -2.32. The predicted octanol–water partition coefficient (Wildman–Crippen LogP) is 4.10. The Morgan fingerprint density at radius 2 is 1.86 bits per heavy atom. The van der Waals surface area contributed by atoms with Gasteiger partial charge in [-0.1, -0.05) is 20.3 Å². The Morgan fingerprint density at radius 1 is 1.07 bits per heavy atom. The molecule has 80 valence electrons. The van der Waals surface area contributed by atoms with Crippen LogP contribution in [0.15, 0.2) is 0 Å². The first kappa shape index (κ1) is 9.24. The summed E-state index contributed by atoms with van der Waals surface area (Å²) in [6.45, 7) is 4.88. The lowest BCUT2D eigenvalue weighted by molar-refractivity contribution is 0.169. The van der Waals surface area contributed by atoms with Gasteiger partial charge in [0.15, 0.2) is 0 Å². The molecule has 0 aromatic heterocycles. The summed E-state index contributed by atoms with van der Waals surface area (Å²) in [5.41, 5.74) is 0. The van der Waals surface area contributed by atoms with Crippen LogP contribution in [0.2, 0.25) is 0 Å². The van der Waals surface area contributed by atoms with Gasteiger partial charge < -0.3 is 0 Å². The van der Waals surface area contributed by atoms with Gasteiger partial charge in [0.25, 0.3) is 0 Å². The quantitative estimate of drug-likeness (QED) is 0.618. The first-order valence-electron chi connectivity index (χ1n) is 6.81. The van der Waals surface area contributed by atoms with Crippen LogP contribution < -0.4 is 0 Å². The van der Waals surface area contributed by atoms with Crippen molar-refractivity contribution >= 4 is 0 Å². The second-order valence-electron chi connectivity index (χ2n) is 6.20. The van der Waals surface area contributed by atoms with E-state index in [2.05, 4.69) is 13.8 Å². The Bertz CT molecular complexity index is 220. The molecule has 0 heteroatoms. The Hall–Kier alpha value is 0. The summed E-state index contributed by atoms with van der Waals surface area (Å²) in [6, 6.07) is 0. The molecule has 3 fully saturated rings. The van der Waals surface area contributed by atoms with Crippen molar-refractivity contribution < 1.29 is 0 Å². The van der Waals surface area contributed by atoms with Crippen LogP contribution in [0, 0.1) is 35.5 Å². The largest absolute Gasteiger partial charge is 0.0651 e. The minimum Gasteiger partial charge on any atom is -0.0651 e. The molecule has 0 spiro atoms. The molecule has 2 bridgehead atoms. The van der Waals surface area contributed by atoms with Crippen molar-refractivity contribution in [3.8, 4) is 0 Å². The third kappa shape index (κ3) is 1.12. The summed E-state index contributed by atoms with van der Waals surface area (Å²) < 4.78 is 0. The molecule has 0 amide bonds. The van der Waals surface area contributed by atoms with Crippen molar-refractivity contribution in [1.29, 1.82) is 0 Å². The molecule has 0 aliphatic heterocycles. The zero-order chi connectivity index (χ0) is 9.71. The molecule has 3 rings (SSSR count). The van der Waals surface area contributed by atoms with E-state index in [1.54, 1.807) is 32.1 Å². The molecule has 0 N–H and O–H groups in total. The van der Waals surface area contributed by atoms with E-state index in [0.717, 1.165) is 17.8 Å². The van der Waals surface area contributed by atoms with Crippen LogP contribution in [0.5, 0.6) is 0 Å². The van der Waals surface area contributed by atoms with E-state index >= 15 is 0 Å². The fourth-order valence-corrected chi connectivity index (χ4v) is 5.09. The molecule has 6 atom stereocenters. The molecule has 0 heterocycles. The van der Waals surface area contributed by atoms with Crippen molar-refractivity contribution in [2.75, 3.05) is 0 Å². The average molecular weight is 192 g/mol. The Morgan fingerprint density at radius 3 is 2.64 bits per heavy atom. The van der Waals surface area contributed by atoms with E-state index in [4.69, 9.17) is 0 Å². The highest BCUT2D eigenvalue weighted by Gasteiger charge is 2.53. The number of hydrogen-bond donors (Lipinski definition) is 0. The van der Waals surface area contributed by atoms with Crippen LogP contribution >= 0.6 is 0 Å². The maximum Gasteiger partial charge on any atom is -0.0324 e. The molecule has 3 saturated carbocycles. The van der Waals surface area contributed by atoms with Crippen LogP contribution in [0.1, 0.15) is 52.4 Å².